The van der Waals surface area contributed by atoms with Gasteiger partial charge in [0.25, 0.3) is 0 Å². The van der Waals surface area contributed by atoms with E-state index in [4.69, 9.17) is 11.6 Å². The third kappa shape index (κ3) is 2.51. The zero-order chi connectivity index (χ0) is 13.0. The molecule has 2 aromatic heterocycles. The summed E-state index contributed by atoms with van der Waals surface area (Å²) < 4.78 is 0. The van der Waals surface area contributed by atoms with E-state index in [2.05, 4.69) is 34.9 Å². The molecule has 0 unspecified atom stereocenters. The van der Waals surface area contributed by atoms with Gasteiger partial charge in [0, 0.05) is 23.7 Å². The van der Waals surface area contributed by atoms with Crippen LogP contribution in [0.1, 0.15) is 30.7 Å². The zero-order valence-electron chi connectivity index (χ0n) is 10.7. The van der Waals surface area contributed by atoms with E-state index < -0.39 is 0 Å². The highest BCUT2D eigenvalue weighted by atomic mass is 35.5. The molecule has 0 radical (unpaired) electrons. The number of hydrogen-bond donors (Lipinski definition) is 0. The molecule has 0 amide bonds. The molecule has 0 aliphatic rings. The maximum absolute atomic E-state index is 5.87. The van der Waals surface area contributed by atoms with Crippen LogP contribution in [0.5, 0.6) is 0 Å². The van der Waals surface area contributed by atoms with Crippen LogP contribution >= 0.6 is 11.6 Å². The van der Waals surface area contributed by atoms with Crippen LogP contribution in [0.4, 0.5) is 0 Å². The fraction of sp³-hybridized carbons (Fsp3) is 0.357. The summed E-state index contributed by atoms with van der Waals surface area (Å²) in [4.78, 5) is 13.4. The van der Waals surface area contributed by atoms with E-state index >= 15 is 0 Å². The fourth-order valence-corrected chi connectivity index (χ4v) is 2.12. The van der Waals surface area contributed by atoms with E-state index in [1.54, 1.807) is 6.20 Å². The van der Waals surface area contributed by atoms with Gasteiger partial charge in [0.15, 0.2) is 5.82 Å². The minimum Gasteiger partial charge on any atom is -0.253 e. The molecule has 0 aliphatic heterocycles. The first-order chi connectivity index (χ1) is 8.80. The van der Waals surface area contributed by atoms with Crippen LogP contribution in [0.15, 0.2) is 24.5 Å². The summed E-state index contributed by atoms with van der Waals surface area (Å²) in [5.41, 5.74) is 4.04. The first-order valence-electron chi connectivity index (χ1n) is 6.15. The Bertz CT molecular complexity index is 540. The molecular weight excluding hydrogens is 246 g/mol. The Morgan fingerprint density at radius 1 is 1.11 bits per heavy atom. The molecule has 2 heterocycles. The van der Waals surface area contributed by atoms with Crippen molar-refractivity contribution in [2.75, 3.05) is 0 Å². The molecule has 2 aromatic rings. The number of alkyl halides is 1. The molecule has 2 rings (SSSR count). The molecule has 0 spiro atoms. The maximum Gasteiger partial charge on any atom is 0.178 e. The lowest BCUT2D eigenvalue weighted by Gasteiger charge is -2.08. The third-order valence-corrected chi connectivity index (χ3v) is 3.20. The zero-order valence-corrected chi connectivity index (χ0v) is 11.4. The van der Waals surface area contributed by atoms with Gasteiger partial charge in [-0.25, -0.2) is 9.97 Å². The van der Waals surface area contributed by atoms with Crippen LogP contribution in [-0.2, 0) is 18.7 Å². The quantitative estimate of drug-likeness (QED) is 0.792. The summed E-state index contributed by atoms with van der Waals surface area (Å²) in [5.74, 6) is 1.14. The van der Waals surface area contributed by atoms with Gasteiger partial charge in [0.1, 0.15) is 5.69 Å². The molecular formula is C14H16ClN3. The molecule has 0 saturated heterocycles. The Hall–Kier alpha value is -1.48. The van der Waals surface area contributed by atoms with E-state index in [9.17, 15) is 0 Å². The smallest absolute Gasteiger partial charge is 0.178 e. The van der Waals surface area contributed by atoms with E-state index in [0.29, 0.717) is 11.7 Å². The summed E-state index contributed by atoms with van der Waals surface area (Å²) in [5, 5.41) is 0. The highest BCUT2D eigenvalue weighted by molar-refractivity contribution is 6.17. The Morgan fingerprint density at radius 2 is 1.94 bits per heavy atom. The van der Waals surface area contributed by atoms with Gasteiger partial charge >= 0.3 is 0 Å². The minimum atomic E-state index is 0.451. The van der Waals surface area contributed by atoms with Crippen molar-refractivity contribution in [3.63, 3.8) is 0 Å². The Labute approximate surface area is 112 Å². The van der Waals surface area contributed by atoms with Crippen molar-refractivity contribution in [2.24, 2.45) is 0 Å². The summed E-state index contributed by atoms with van der Waals surface area (Å²) in [6.07, 6.45) is 5.36. The Morgan fingerprint density at radius 3 is 2.61 bits per heavy atom. The predicted molar refractivity (Wildman–Crippen MR) is 73.6 cm³/mol. The molecule has 4 heteroatoms. The highest BCUT2D eigenvalue weighted by Crippen LogP contribution is 2.19. The lowest BCUT2D eigenvalue weighted by Crippen LogP contribution is -2.02. The van der Waals surface area contributed by atoms with Gasteiger partial charge in [-0.05, 0) is 24.5 Å². The van der Waals surface area contributed by atoms with E-state index in [-0.39, 0.29) is 0 Å². The number of nitrogens with zero attached hydrogens (tertiary/aromatic N) is 3. The molecule has 0 bridgehead atoms. The molecule has 94 valence electrons. The van der Waals surface area contributed by atoms with Crippen molar-refractivity contribution < 1.29 is 0 Å². The van der Waals surface area contributed by atoms with Gasteiger partial charge in [0.05, 0.1) is 5.88 Å². The van der Waals surface area contributed by atoms with Crippen LogP contribution < -0.4 is 0 Å². The van der Waals surface area contributed by atoms with Crippen molar-refractivity contribution >= 4 is 11.6 Å². The molecule has 0 aliphatic carbocycles. The second kappa shape index (κ2) is 5.91. The third-order valence-electron chi connectivity index (χ3n) is 2.92. The SMILES string of the molecule is CCc1cccnc1-c1ncc(CCl)c(CC)n1. The number of halogens is 1. The van der Waals surface area contributed by atoms with Gasteiger partial charge < -0.3 is 0 Å². The maximum atomic E-state index is 5.87. The molecule has 3 nitrogen and oxygen atoms in total. The van der Waals surface area contributed by atoms with Gasteiger partial charge in [-0.2, -0.15) is 0 Å². The first-order valence-corrected chi connectivity index (χ1v) is 6.68. The molecule has 0 fully saturated rings. The standard InChI is InChI=1S/C14H16ClN3/c1-3-10-6-5-7-16-13(10)14-17-9-11(8-15)12(4-2)18-14/h5-7,9H,3-4,8H2,1-2H3. The largest absolute Gasteiger partial charge is 0.253 e. The number of rotatable bonds is 4. The van der Waals surface area contributed by atoms with Crippen LogP contribution in [-0.4, -0.2) is 15.0 Å². The lowest BCUT2D eigenvalue weighted by molar-refractivity contribution is 0.957. The predicted octanol–water partition coefficient (Wildman–Crippen LogP) is 3.40. The second-order valence-electron chi connectivity index (χ2n) is 4.02. The van der Waals surface area contributed by atoms with E-state index in [0.717, 1.165) is 35.4 Å². The summed E-state index contributed by atoms with van der Waals surface area (Å²) in [6.45, 7) is 4.18. The number of aromatic nitrogens is 3. The molecule has 0 N–H and O–H groups in total. The van der Waals surface area contributed by atoms with Gasteiger partial charge in [-0.1, -0.05) is 19.9 Å². The molecule has 0 aromatic carbocycles. The van der Waals surface area contributed by atoms with Gasteiger partial charge in [-0.15, -0.1) is 11.6 Å². The van der Waals surface area contributed by atoms with Gasteiger partial charge in [0.2, 0.25) is 0 Å². The van der Waals surface area contributed by atoms with Crippen molar-refractivity contribution in [3.05, 3.63) is 41.3 Å². The second-order valence-corrected chi connectivity index (χ2v) is 4.28. The fourth-order valence-electron chi connectivity index (χ4n) is 1.90. The minimum absolute atomic E-state index is 0.451. The number of aryl methyl sites for hydroxylation is 2. The number of hydrogen-bond acceptors (Lipinski definition) is 3. The average molecular weight is 262 g/mol. The van der Waals surface area contributed by atoms with Crippen molar-refractivity contribution in [2.45, 2.75) is 32.6 Å². The van der Waals surface area contributed by atoms with Crippen LogP contribution in [0.25, 0.3) is 11.5 Å². The van der Waals surface area contributed by atoms with E-state index in [1.165, 1.54) is 0 Å². The number of pyridine rings is 1. The van der Waals surface area contributed by atoms with Crippen LogP contribution in [0, 0.1) is 0 Å². The Kier molecular flexibility index (Phi) is 4.26. The monoisotopic (exact) mass is 261 g/mol. The molecule has 18 heavy (non-hydrogen) atoms. The summed E-state index contributed by atoms with van der Waals surface area (Å²) in [6, 6.07) is 4.00. The molecule has 0 atom stereocenters. The lowest BCUT2D eigenvalue weighted by atomic mass is 10.1. The summed E-state index contributed by atoms with van der Waals surface area (Å²) in [7, 11) is 0. The topological polar surface area (TPSA) is 38.7 Å². The van der Waals surface area contributed by atoms with Gasteiger partial charge in [-0.3, -0.25) is 4.98 Å². The van der Waals surface area contributed by atoms with Crippen molar-refractivity contribution in [3.8, 4) is 11.5 Å². The highest BCUT2D eigenvalue weighted by Gasteiger charge is 2.10. The van der Waals surface area contributed by atoms with Crippen LogP contribution in [0.3, 0.4) is 0 Å². The molecule has 0 saturated carbocycles. The van der Waals surface area contributed by atoms with Crippen LogP contribution in [0.2, 0.25) is 0 Å². The summed E-state index contributed by atoms with van der Waals surface area (Å²) >= 11 is 5.87. The van der Waals surface area contributed by atoms with Crippen molar-refractivity contribution in [1.29, 1.82) is 0 Å². The first kappa shape index (κ1) is 13.0. The van der Waals surface area contributed by atoms with E-state index in [1.807, 2.05) is 12.3 Å². The Balaban J connectivity index is 2.51. The normalized spacial score (nSPS) is 10.6. The van der Waals surface area contributed by atoms with Crippen molar-refractivity contribution in [1.82, 2.24) is 15.0 Å². The average Bonchev–Trinajstić information content (AvgIpc) is 2.46.